The summed E-state index contributed by atoms with van der Waals surface area (Å²) in [6.45, 7) is 0. The van der Waals surface area contributed by atoms with Crippen LogP contribution in [-0.2, 0) is 0 Å². The van der Waals surface area contributed by atoms with E-state index in [-0.39, 0.29) is 35.3 Å². The number of carboxylic acids is 1. The standard InChI is InChI=1S/C11H9NO3.2C10H8ClNO.H2N5O.Na/c1-15-8-2-3-9-7(6-8)4-5-12-10(9)11(13)14;2*1-13-8-2-3-9-7(6-8)4-5-12-10(9)11;1-2-3-4-5-6;/h2-6H,1H3,(H,13,14);2*2-6H,1H3;(H2-,1,2,3,4,5,6);/q;;;-1;+1. The molecule has 0 aliphatic rings. The molecular weight excluding hydrogens is 674 g/mol. The Morgan fingerprint density at radius 1 is 0.688 bits per heavy atom. The van der Waals surface area contributed by atoms with Crippen molar-refractivity contribution >= 4 is 61.5 Å². The molecule has 0 radical (unpaired) electrons. The van der Waals surface area contributed by atoms with E-state index in [1.54, 1.807) is 69.1 Å². The van der Waals surface area contributed by atoms with Gasteiger partial charge in [0.15, 0.2) is 5.69 Å². The van der Waals surface area contributed by atoms with Gasteiger partial charge >= 0.3 is 35.5 Å². The number of nitrogens with one attached hydrogen (secondary N) is 2. The van der Waals surface area contributed by atoms with Crippen molar-refractivity contribution in [1.82, 2.24) is 26.0 Å². The summed E-state index contributed by atoms with van der Waals surface area (Å²) < 4.78 is 15.3. The van der Waals surface area contributed by atoms with Crippen LogP contribution in [0.5, 0.6) is 17.2 Å². The molecule has 0 aliphatic heterocycles. The molecule has 0 amide bonds. The molecule has 6 rings (SSSR count). The van der Waals surface area contributed by atoms with Crippen molar-refractivity contribution in [3.05, 3.63) is 118 Å². The number of nitrogens with zero attached hydrogens (tertiary/aromatic N) is 6. The number of carboxylic acid groups (broad SMARTS) is 1. The van der Waals surface area contributed by atoms with Gasteiger partial charge in [0.2, 0.25) is 0 Å². The quantitative estimate of drug-likeness (QED) is 0.0533. The number of halogens is 2. The number of hydrogen-bond acceptors (Lipinski definition) is 10. The number of hydrogen-bond donors (Lipinski definition) is 3. The number of methoxy groups -OCH3 is 3. The first-order chi connectivity index (χ1) is 22.8. The fourth-order valence-electron chi connectivity index (χ4n) is 3.99. The molecule has 0 unspecified atom stereocenters. The van der Waals surface area contributed by atoms with Crippen LogP contribution in [0.15, 0.2) is 102 Å². The van der Waals surface area contributed by atoms with Gasteiger partial charge in [-0.05, 0) is 89.0 Å². The van der Waals surface area contributed by atoms with Crippen LogP contribution in [0.3, 0.4) is 0 Å². The zero-order valence-corrected chi connectivity index (χ0v) is 29.6. The van der Waals surface area contributed by atoms with Crippen LogP contribution in [0.4, 0.5) is 0 Å². The number of rotatable bonds is 7. The van der Waals surface area contributed by atoms with Crippen molar-refractivity contribution in [1.29, 1.82) is 0 Å². The predicted octanol–water partition coefficient (Wildman–Crippen LogP) is 4.44. The van der Waals surface area contributed by atoms with E-state index in [2.05, 4.69) is 25.5 Å². The Labute approximate surface area is 306 Å². The summed E-state index contributed by atoms with van der Waals surface area (Å²) >= 11 is 11.8. The number of nitroso groups, excluding NO2 is 1. The summed E-state index contributed by atoms with van der Waals surface area (Å²) in [5.41, 5.74) is 10.8. The molecule has 17 heteroatoms. The third-order valence-electron chi connectivity index (χ3n) is 6.17. The first-order valence-corrected chi connectivity index (χ1v) is 14.0. The molecule has 0 aliphatic carbocycles. The molecule has 48 heavy (non-hydrogen) atoms. The molecule has 0 spiro atoms. The average Bonchev–Trinajstić information content (AvgIpc) is 3.10. The Kier molecular flexibility index (Phi) is 16.7. The average molecular weight is 702 g/mol. The molecule has 3 aromatic carbocycles. The second kappa shape index (κ2) is 20.4. The van der Waals surface area contributed by atoms with Gasteiger partial charge in [0.1, 0.15) is 27.6 Å². The van der Waals surface area contributed by atoms with Gasteiger partial charge in [-0.15, -0.1) is 4.91 Å². The molecule has 6 aromatic rings. The zero-order valence-electron chi connectivity index (χ0n) is 26.1. The summed E-state index contributed by atoms with van der Waals surface area (Å²) in [7, 11) is 4.86. The van der Waals surface area contributed by atoms with E-state index in [0.717, 1.165) is 38.4 Å². The SMILES string of the molecule is COc1ccc2c(C(=O)O)nccc2c1.COc1ccc2c(Cl)nccc2c1.COc1ccc2c(Cl)nccc2c1.[N-]=NNNN=O.[Na+]. The molecule has 242 valence electrons. The van der Waals surface area contributed by atoms with E-state index >= 15 is 0 Å². The van der Waals surface area contributed by atoms with Crippen LogP contribution >= 0.6 is 23.2 Å². The van der Waals surface area contributed by atoms with Crippen molar-refractivity contribution in [2.45, 2.75) is 0 Å². The molecule has 0 saturated carbocycles. The van der Waals surface area contributed by atoms with Crippen molar-refractivity contribution in [2.24, 2.45) is 10.5 Å². The Hall–Kier alpha value is -4.86. The van der Waals surface area contributed by atoms with E-state index in [1.807, 2.05) is 48.5 Å². The molecule has 0 saturated heterocycles. The summed E-state index contributed by atoms with van der Waals surface area (Å²) in [5, 5.41) is 19.7. The van der Waals surface area contributed by atoms with Gasteiger partial charge in [-0.25, -0.2) is 25.3 Å². The first-order valence-electron chi connectivity index (χ1n) is 13.2. The zero-order chi connectivity index (χ0) is 34.2. The number of ether oxygens (including phenoxy) is 3. The number of pyridine rings is 3. The van der Waals surface area contributed by atoms with E-state index in [9.17, 15) is 4.79 Å². The van der Waals surface area contributed by atoms with Gasteiger partial charge in [-0.3, -0.25) is 5.22 Å². The Morgan fingerprint density at radius 2 is 1.08 bits per heavy atom. The van der Waals surface area contributed by atoms with Crippen LogP contribution < -0.4 is 54.8 Å². The van der Waals surface area contributed by atoms with Crippen molar-refractivity contribution in [3.63, 3.8) is 0 Å². The van der Waals surface area contributed by atoms with Gasteiger partial charge in [0.25, 0.3) is 0 Å². The van der Waals surface area contributed by atoms with E-state index in [1.165, 1.54) is 6.20 Å². The molecule has 3 aromatic heterocycles. The molecule has 0 atom stereocenters. The minimum absolute atomic E-state index is 0. The van der Waals surface area contributed by atoms with E-state index in [4.69, 9.17) is 53.0 Å². The molecule has 14 nitrogen and oxygen atoms in total. The van der Waals surface area contributed by atoms with Gasteiger partial charge in [-0.1, -0.05) is 23.2 Å². The first kappa shape index (κ1) is 39.3. The minimum Gasteiger partial charge on any atom is -0.497 e. The number of aromatic nitrogens is 3. The van der Waals surface area contributed by atoms with Crippen LogP contribution in [-0.4, -0.2) is 47.4 Å². The van der Waals surface area contributed by atoms with Gasteiger partial charge < -0.3 is 30.4 Å². The largest absolute Gasteiger partial charge is 1.00 e. The fourth-order valence-corrected chi connectivity index (χ4v) is 4.45. The third-order valence-corrected chi connectivity index (χ3v) is 6.77. The maximum absolute atomic E-state index is 10.9. The number of benzene rings is 3. The molecule has 0 fully saturated rings. The van der Waals surface area contributed by atoms with Crippen molar-refractivity contribution in [3.8, 4) is 17.2 Å². The van der Waals surface area contributed by atoms with Crippen LogP contribution in [0.25, 0.3) is 37.8 Å². The van der Waals surface area contributed by atoms with Crippen LogP contribution in [0, 0.1) is 4.91 Å². The Morgan fingerprint density at radius 3 is 1.44 bits per heavy atom. The van der Waals surface area contributed by atoms with Gasteiger partial charge in [0, 0.05) is 34.7 Å². The number of hydrazine groups is 1. The molecule has 3 heterocycles. The van der Waals surface area contributed by atoms with E-state index in [0.29, 0.717) is 21.4 Å². The molecule has 0 bridgehead atoms. The topological polar surface area (TPSA) is 192 Å². The van der Waals surface area contributed by atoms with Crippen molar-refractivity contribution in [2.75, 3.05) is 21.3 Å². The smallest absolute Gasteiger partial charge is 0.497 e. The summed E-state index contributed by atoms with van der Waals surface area (Å²) in [6, 6.07) is 22.2. The monoisotopic (exact) mass is 700 g/mol. The molecular formula is C31H27Cl2N8NaO6. The summed E-state index contributed by atoms with van der Waals surface area (Å²) in [6.07, 6.45) is 4.85. The van der Waals surface area contributed by atoms with Crippen molar-refractivity contribution < 1.29 is 53.7 Å². The maximum atomic E-state index is 10.9. The Balaban J connectivity index is 0.000000229. The fraction of sp³-hybridized carbons (Fsp3) is 0.0968. The second-order valence-electron chi connectivity index (χ2n) is 8.84. The van der Waals surface area contributed by atoms with Crippen LogP contribution in [0.1, 0.15) is 10.5 Å². The predicted molar refractivity (Wildman–Crippen MR) is 180 cm³/mol. The Bertz CT molecular complexity index is 1900. The van der Waals surface area contributed by atoms with Crippen LogP contribution in [0.2, 0.25) is 10.3 Å². The van der Waals surface area contributed by atoms with Gasteiger partial charge in [-0.2, -0.15) is 0 Å². The minimum atomic E-state index is -1.02. The van der Waals surface area contributed by atoms with E-state index < -0.39 is 5.97 Å². The molecule has 3 N–H and O–H groups in total. The third kappa shape index (κ3) is 11.1. The number of fused-ring (bicyclic) bond motifs is 3. The summed E-state index contributed by atoms with van der Waals surface area (Å²) in [4.78, 5) is 31.6. The number of carbonyl (C=O) groups is 1. The normalized spacial score (nSPS) is 9.52. The second-order valence-corrected chi connectivity index (χ2v) is 9.56. The summed E-state index contributed by atoms with van der Waals surface area (Å²) in [5.74, 6) is 1.33. The maximum Gasteiger partial charge on any atom is 1.00 e. The number of aromatic carboxylic acids is 1. The van der Waals surface area contributed by atoms with Gasteiger partial charge in [0.05, 0.1) is 26.6 Å².